The average Bonchev–Trinajstić information content (AvgIpc) is 3.18. The van der Waals surface area contributed by atoms with E-state index in [-0.39, 0.29) is 0 Å². The average molecular weight is 283 g/mol. The maximum Gasteiger partial charge on any atom is 0.314 e. The lowest BCUT2D eigenvalue weighted by atomic mass is 9.89. The zero-order valence-electron chi connectivity index (χ0n) is 10.7. The van der Waals surface area contributed by atoms with Crippen molar-refractivity contribution in [3.8, 4) is 11.5 Å². The summed E-state index contributed by atoms with van der Waals surface area (Å²) in [5.74, 6) is 0.486. The van der Waals surface area contributed by atoms with Gasteiger partial charge in [-0.2, -0.15) is 0 Å². The van der Waals surface area contributed by atoms with E-state index in [0.717, 1.165) is 5.56 Å². The van der Waals surface area contributed by atoms with Crippen LogP contribution in [0.3, 0.4) is 0 Å². The van der Waals surface area contributed by atoms with Crippen LogP contribution in [0.5, 0.6) is 11.5 Å². The molecule has 102 valence electrons. The number of hydrogen-bond acceptors (Lipinski definition) is 3. The SMILES string of the molecule is CCc1c2c(cc(Cl)c1C1(C(=O)O)CC1)OCCO2. The largest absolute Gasteiger partial charge is 0.486 e. The molecule has 0 bridgehead atoms. The first kappa shape index (κ1) is 12.6. The van der Waals surface area contributed by atoms with E-state index in [2.05, 4.69) is 0 Å². The smallest absolute Gasteiger partial charge is 0.314 e. The maximum absolute atomic E-state index is 11.5. The molecular weight excluding hydrogens is 268 g/mol. The Morgan fingerprint density at radius 2 is 2.11 bits per heavy atom. The Balaban J connectivity index is 2.22. The molecular formula is C14H15ClO4. The molecule has 19 heavy (non-hydrogen) atoms. The highest BCUT2D eigenvalue weighted by Gasteiger charge is 2.54. The summed E-state index contributed by atoms with van der Waals surface area (Å²) >= 11 is 6.31. The second-order valence-corrected chi connectivity index (χ2v) is 5.38. The second kappa shape index (κ2) is 4.30. The van der Waals surface area contributed by atoms with Crippen molar-refractivity contribution in [3.05, 3.63) is 22.2 Å². The van der Waals surface area contributed by atoms with Crippen molar-refractivity contribution >= 4 is 17.6 Å². The van der Waals surface area contributed by atoms with E-state index in [4.69, 9.17) is 21.1 Å². The van der Waals surface area contributed by atoms with Gasteiger partial charge in [0.1, 0.15) is 13.2 Å². The fourth-order valence-corrected chi connectivity index (χ4v) is 3.16. The van der Waals surface area contributed by atoms with Gasteiger partial charge in [0.2, 0.25) is 0 Å². The van der Waals surface area contributed by atoms with E-state index in [1.807, 2.05) is 6.92 Å². The minimum Gasteiger partial charge on any atom is -0.486 e. The van der Waals surface area contributed by atoms with Crippen LogP contribution in [-0.4, -0.2) is 24.3 Å². The summed E-state index contributed by atoms with van der Waals surface area (Å²) in [4.78, 5) is 11.5. The minimum atomic E-state index is -0.821. The maximum atomic E-state index is 11.5. The highest BCUT2D eigenvalue weighted by atomic mass is 35.5. The van der Waals surface area contributed by atoms with E-state index in [0.29, 0.717) is 54.6 Å². The molecule has 2 aliphatic rings. The van der Waals surface area contributed by atoms with Crippen molar-refractivity contribution in [2.75, 3.05) is 13.2 Å². The van der Waals surface area contributed by atoms with Crippen LogP contribution in [0.25, 0.3) is 0 Å². The van der Waals surface area contributed by atoms with Gasteiger partial charge in [-0.3, -0.25) is 4.79 Å². The highest BCUT2D eigenvalue weighted by molar-refractivity contribution is 6.32. The molecule has 1 aliphatic carbocycles. The van der Waals surface area contributed by atoms with Crippen molar-refractivity contribution in [1.29, 1.82) is 0 Å². The number of carboxylic acid groups (broad SMARTS) is 1. The minimum absolute atomic E-state index is 0.473. The number of halogens is 1. The molecule has 0 atom stereocenters. The van der Waals surface area contributed by atoms with Crippen LogP contribution >= 0.6 is 11.6 Å². The van der Waals surface area contributed by atoms with Crippen molar-refractivity contribution in [1.82, 2.24) is 0 Å². The lowest BCUT2D eigenvalue weighted by Gasteiger charge is -2.25. The Labute approximate surface area is 116 Å². The Morgan fingerprint density at radius 3 is 2.68 bits per heavy atom. The molecule has 4 nitrogen and oxygen atoms in total. The third-order valence-electron chi connectivity index (χ3n) is 3.88. The van der Waals surface area contributed by atoms with Crippen LogP contribution in [0.4, 0.5) is 0 Å². The number of aliphatic carboxylic acids is 1. The van der Waals surface area contributed by atoms with Crippen LogP contribution in [-0.2, 0) is 16.6 Å². The Morgan fingerprint density at radius 1 is 1.42 bits per heavy atom. The van der Waals surface area contributed by atoms with Crippen LogP contribution in [0, 0.1) is 0 Å². The van der Waals surface area contributed by atoms with Crippen molar-refractivity contribution in [3.63, 3.8) is 0 Å². The lowest BCUT2D eigenvalue weighted by molar-refractivity contribution is -0.140. The summed E-state index contributed by atoms with van der Waals surface area (Å²) < 4.78 is 11.2. The van der Waals surface area contributed by atoms with Crippen LogP contribution in [0.15, 0.2) is 6.07 Å². The topological polar surface area (TPSA) is 55.8 Å². The van der Waals surface area contributed by atoms with E-state index in [1.54, 1.807) is 6.07 Å². The number of carbonyl (C=O) groups is 1. The van der Waals surface area contributed by atoms with Gasteiger partial charge in [-0.05, 0) is 24.8 Å². The third-order valence-corrected chi connectivity index (χ3v) is 4.17. The molecule has 1 aromatic carbocycles. The Hall–Kier alpha value is -1.42. The number of hydrogen-bond donors (Lipinski definition) is 1. The fraction of sp³-hybridized carbons (Fsp3) is 0.500. The van der Waals surface area contributed by atoms with Gasteiger partial charge in [-0.25, -0.2) is 0 Å². The fourth-order valence-electron chi connectivity index (χ4n) is 2.77. The predicted molar refractivity (Wildman–Crippen MR) is 70.4 cm³/mol. The summed E-state index contributed by atoms with van der Waals surface area (Å²) in [6.07, 6.45) is 1.94. The number of rotatable bonds is 3. The third kappa shape index (κ3) is 1.77. The number of ether oxygens (including phenoxy) is 2. The van der Waals surface area contributed by atoms with Crippen molar-refractivity contribution < 1.29 is 19.4 Å². The summed E-state index contributed by atoms with van der Waals surface area (Å²) in [6, 6.07) is 1.69. The van der Waals surface area contributed by atoms with Gasteiger partial charge in [0.25, 0.3) is 0 Å². The van der Waals surface area contributed by atoms with Crippen molar-refractivity contribution in [2.45, 2.75) is 31.6 Å². The summed E-state index contributed by atoms with van der Waals surface area (Å²) in [5.41, 5.74) is 0.772. The molecule has 1 N–H and O–H groups in total. The zero-order chi connectivity index (χ0) is 13.6. The van der Waals surface area contributed by atoms with Gasteiger partial charge in [-0.1, -0.05) is 18.5 Å². The van der Waals surface area contributed by atoms with Crippen LogP contribution in [0.1, 0.15) is 30.9 Å². The Kier molecular flexibility index (Phi) is 2.86. The van der Waals surface area contributed by atoms with Gasteiger partial charge in [0.05, 0.1) is 5.41 Å². The van der Waals surface area contributed by atoms with Gasteiger partial charge in [0.15, 0.2) is 11.5 Å². The molecule has 1 aromatic rings. The van der Waals surface area contributed by atoms with Crippen LogP contribution < -0.4 is 9.47 Å². The molecule has 1 heterocycles. The summed E-state index contributed by atoms with van der Waals surface area (Å²) in [7, 11) is 0. The monoisotopic (exact) mass is 282 g/mol. The number of benzene rings is 1. The first-order chi connectivity index (χ1) is 9.10. The number of fused-ring (bicyclic) bond motifs is 1. The van der Waals surface area contributed by atoms with E-state index < -0.39 is 11.4 Å². The van der Waals surface area contributed by atoms with E-state index in [9.17, 15) is 9.90 Å². The molecule has 0 amide bonds. The standard InChI is InChI=1S/C14H15ClO4/c1-2-8-11(14(3-4-14)13(16)17)9(15)7-10-12(8)19-6-5-18-10/h7H,2-6H2,1H3,(H,16,17). The molecule has 1 fully saturated rings. The van der Waals surface area contributed by atoms with Gasteiger partial charge in [-0.15, -0.1) is 0 Å². The van der Waals surface area contributed by atoms with Crippen molar-refractivity contribution in [2.24, 2.45) is 0 Å². The van der Waals surface area contributed by atoms with Gasteiger partial charge in [0, 0.05) is 16.7 Å². The highest BCUT2D eigenvalue weighted by Crippen LogP contribution is 2.55. The predicted octanol–water partition coefficient (Wildman–Crippen LogP) is 2.79. The molecule has 1 aliphatic heterocycles. The molecule has 0 spiro atoms. The molecule has 0 unspecified atom stereocenters. The molecule has 5 heteroatoms. The quantitative estimate of drug-likeness (QED) is 0.926. The van der Waals surface area contributed by atoms with Gasteiger partial charge < -0.3 is 14.6 Å². The molecule has 0 aromatic heterocycles. The summed E-state index contributed by atoms with van der Waals surface area (Å²) in [5, 5.41) is 9.95. The molecule has 3 rings (SSSR count). The number of carboxylic acids is 1. The lowest BCUT2D eigenvalue weighted by Crippen LogP contribution is -2.24. The molecule has 1 saturated carbocycles. The van der Waals surface area contributed by atoms with Crippen LogP contribution in [0.2, 0.25) is 5.02 Å². The van der Waals surface area contributed by atoms with E-state index >= 15 is 0 Å². The normalized spacial score (nSPS) is 19.1. The van der Waals surface area contributed by atoms with E-state index in [1.165, 1.54) is 0 Å². The first-order valence-electron chi connectivity index (χ1n) is 6.45. The second-order valence-electron chi connectivity index (χ2n) is 4.98. The molecule has 0 saturated heterocycles. The zero-order valence-corrected chi connectivity index (χ0v) is 11.4. The first-order valence-corrected chi connectivity index (χ1v) is 6.83. The summed E-state index contributed by atoms with van der Waals surface area (Å²) in [6.45, 7) is 2.96. The Bertz CT molecular complexity index is 549. The van der Waals surface area contributed by atoms with Gasteiger partial charge >= 0.3 is 5.97 Å². The molecule has 0 radical (unpaired) electrons.